The summed E-state index contributed by atoms with van der Waals surface area (Å²) in [6, 6.07) is 6.23. The number of aryl methyl sites for hydroxylation is 1. The average Bonchev–Trinajstić information content (AvgIpc) is 2.92. The fourth-order valence-electron chi connectivity index (χ4n) is 4.10. The van der Waals surface area contributed by atoms with Gasteiger partial charge in [0.1, 0.15) is 29.8 Å². The molecule has 1 aromatic heterocycles. The van der Waals surface area contributed by atoms with Gasteiger partial charge < -0.3 is 9.30 Å². The lowest BCUT2D eigenvalue weighted by Crippen LogP contribution is -2.38. The highest BCUT2D eigenvalue weighted by Gasteiger charge is 2.27. The van der Waals surface area contributed by atoms with Crippen molar-refractivity contribution in [3.63, 3.8) is 0 Å². The molecule has 1 unspecified atom stereocenters. The van der Waals surface area contributed by atoms with E-state index in [4.69, 9.17) is 4.74 Å². The lowest BCUT2D eigenvalue weighted by Gasteiger charge is -2.32. The first-order valence-electron chi connectivity index (χ1n) is 9.82. The quantitative estimate of drug-likeness (QED) is 0.822. The lowest BCUT2D eigenvalue weighted by atomic mass is 9.97. The molecule has 2 aromatic rings. The van der Waals surface area contributed by atoms with Crippen LogP contribution < -0.4 is 4.74 Å². The van der Waals surface area contributed by atoms with Crippen molar-refractivity contribution in [3.05, 3.63) is 41.7 Å². The van der Waals surface area contributed by atoms with E-state index in [9.17, 15) is 4.39 Å². The molecule has 0 radical (unpaired) electrons. The molecule has 26 heavy (non-hydrogen) atoms. The molecular formula is C20H27FN4O. The van der Waals surface area contributed by atoms with Crippen molar-refractivity contribution in [1.29, 1.82) is 0 Å². The molecule has 4 rings (SSSR count). The first-order chi connectivity index (χ1) is 12.8. The van der Waals surface area contributed by atoms with E-state index < -0.39 is 0 Å². The molecule has 0 saturated carbocycles. The number of hydrogen-bond acceptors (Lipinski definition) is 4. The fourth-order valence-corrected chi connectivity index (χ4v) is 4.10. The number of likely N-dealkylation sites (tertiary alicyclic amines) is 1. The standard InChI is InChI=1S/C20H27FN4O/c21-17-7-9-18(10-8-17)26-14-13-24-11-4-5-16(15-24)20-23-22-19-6-2-1-3-12-25(19)20/h7-10,16H,1-6,11-15H2. The SMILES string of the molecule is Fc1ccc(OCCN2CCCC(c3nnc4n3CCCCC4)C2)cc1. The summed E-state index contributed by atoms with van der Waals surface area (Å²) in [5.74, 6) is 3.32. The van der Waals surface area contributed by atoms with E-state index >= 15 is 0 Å². The van der Waals surface area contributed by atoms with E-state index in [0.717, 1.165) is 38.3 Å². The Labute approximate surface area is 154 Å². The smallest absolute Gasteiger partial charge is 0.137 e. The van der Waals surface area contributed by atoms with Gasteiger partial charge in [-0.25, -0.2) is 4.39 Å². The second-order valence-electron chi connectivity index (χ2n) is 7.38. The van der Waals surface area contributed by atoms with Crippen LogP contribution in [-0.2, 0) is 13.0 Å². The maximum atomic E-state index is 12.9. The highest BCUT2D eigenvalue weighted by atomic mass is 19.1. The van der Waals surface area contributed by atoms with Crippen LogP contribution in [-0.4, -0.2) is 45.9 Å². The molecule has 2 aliphatic heterocycles. The third kappa shape index (κ3) is 4.06. The molecule has 5 nitrogen and oxygen atoms in total. The van der Waals surface area contributed by atoms with Crippen LogP contribution >= 0.6 is 0 Å². The van der Waals surface area contributed by atoms with Crippen LogP contribution in [0.25, 0.3) is 0 Å². The van der Waals surface area contributed by atoms with Gasteiger partial charge >= 0.3 is 0 Å². The molecule has 0 amide bonds. The minimum Gasteiger partial charge on any atom is -0.492 e. The van der Waals surface area contributed by atoms with E-state index in [-0.39, 0.29) is 5.82 Å². The number of rotatable bonds is 5. The summed E-state index contributed by atoms with van der Waals surface area (Å²) in [6.45, 7) is 4.70. The van der Waals surface area contributed by atoms with Crippen molar-refractivity contribution < 1.29 is 9.13 Å². The van der Waals surface area contributed by atoms with Crippen LogP contribution in [0.3, 0.4) is 0 Å². The summed E-state index contributed by atoms with van der Waals surface area (Å²) in [6.07, 6.45) is 7.20. The molecular weight excluding hydrogens is 331 g/mol. The van der Waals surface area contributed by atoms with Crippen molar-refractivity contribution in [3.8, 4) is 5.75 Å². The normalized spacial score (nSPS) is 21.2. The van der Waals surface area contributed by atoms with Crippen LogP contribution in [0.2, 0.25) is 0 Å². The van der Waals surface area contributed by atoms with Gasteiger partial charge in [0.2, 0.25) is 0 Å². The van der Waals surface area contributed by atoms with Crippen molar-refractivity contribution in [2.75, 3.05) is 26.2 Å². The molecule has 6 heteroatoms. The van der Waals surface area contributed by atoms with Crippen LogP contribution in [0.1, 0.15) is 49.7 Å². The van der Waals surface area contributed by atoms with Gasteiger partial charge in [-0.2, -0.15) is 0 Å². The molecule has 0 N–H and O–H groups in total. The molecule has 0 aliphatic carbocycles. The first-order valence-corrected chi connectivity index (χ1v) is 9.82. The van der Waals surface area contributed by atoms with Crippen molar-refractivity contribution in [2.45, 2.75) is 51.0 Å². The van der Waals surface area contributed by atoms with Gasteiger partial charge in [-0.15, -0.1) is 10.2 Å². The second kappa shape index (κ2) is 8.16. The monoisotopic (exact) mass is 358 g/mol. The summed E-state index contributed by atoms with van der Waals surface area (Å²) in [5, 5.41) is 9.02. The van der Waals surface area contributed by atoms with Gasteiger partial charge in [0.05, 0.1) is 0 Å². The van der Waals surface area contributed by atoms with Crippen molar-refractivity contribution in [2.24, 2.45) is 0 Å². The number of fused-ring (bicyclic) bond motifs is 1. The zero-order valence-corrected chi connectivity index (χ0v) is 15.2. The highest BCUT2D eigenvalue weighted by molar-refractivity contribution is 5.22. The Morgan fingerprint density at radius 1 is 1.04 bits per heavy atom. The van der Waals surface area contributed by atoms with Crippen molar-refractivity contribution in [1.82, 2.24) is 19.7 Å². The minimum atomic E-state index is -0.233. The summed E-state index contributed by atoms with van der Waals surface area (Å²) < 4.78 is 21.1. The zero-order valence-electron chi connectivity index (χ0n) is 15.2. The Balaban J connectivity index is 1.33. The number of aromatic nitrogens is 3. The Bertz CT molecular complexity index is 715. The van der Waals surface area contributed by atoms with Gasteiger partial charge in [-0.05, 0) is 56.5 Å². The Hall–Kier alpha value is -1.95. The van der Waals surface area contributed by atoms with E-state index in [1.54, 1.807) is 12.1 Å². The van der Waals surface area contributed by atoms with Crippen LogP contribution in [0.15, 0.2) is 24.3 Å². The molecule has 1 aromatic carbocycles. The highest BCUT2D eigenvalue weighted by Crippen LogP contribution is 2.27. The topological polar surface area (TPSA) is 43.2 Å². The average molecular weight is 358 g/mol. The molecule has 0 spiro atoms. The van der Waals surface area contributed by atoms with Gasteiger partial charge in [0.15, 0.2) is 0 Å². The van der Waals surface area contributed by atoms with E-state index in [1.165, 1.54) is 55.9 Å². The zero-order chi connectivity index (χ0) is 17.8. The second-order valence-corrected chi connectivity index (χ2v) is 7.38. The predicted octanol–water partition coefficient (Wildman–Crippen LogP) is 3.40. The number of nitrogens with zero attached hydrogens (tertiary/aromatic N) is 4. The Kier molecular flexibility index (Phi) is 5.48. The van der Waals surface area contributed by atoms with Crippen molar-refractivity contribution >= 4 is 0 Å². The van der Waals surface area contributed by atoms with Gasteiger partial charge in [0, 0.05) is 32.0 Å². The first kappa shape index (κ1) is 17.5. The lowest BCUT2D eigenvalue weighted by molar-refractivity contribution is 0.166. The summed E-state index contributed by atoms with van der Waals surface area (Å²) in [7, 11) is 0. The number of hydrogen-bond donors (Lipinski definition) is 0. The maximum absolute atomic E-state index is 12.9. The van der Waals surface area contributed by atoms with Crippen LogP contribution in [0, 0.1) is 5.82 Å². The fraction of sp³-hybridized carbons (Fsp3) is 0.600. The Morgan fingerprint density at radius 2 is 1.92 bits per heavy atom. The third-order valence-corrected chi connectivity index (χ3v) is 5.50. The molecule has 0 bridgehead atoms. The van der Waals surface area contributed by atoms with Crippen LogP contribution in [0.5, 0.6) is 5.75 Å². The van der Waals surface area contributed by atoms with Gasteiger partial charge in [-0.1, -0.05) is 6.42 Å². The van der Waals surface area contributed by atoms with Gasteiger partial charge in [0.25, 0.3) is 0 Å². The Morgan fingerprint density at radius 3 is 2.81 bits per heavy atom. The maximum Gasteiger partial charge on any atom is 0.137 e. The van der Waals surface area contributed by atoms with E-state index in [2.05, 4.69) is 19.7 Å². The largest absolute Gasteiger partial charge is 0.492 e. The summed E-state index contributed by atoms with van der Waals surface area (Å²) >= 11 is 0. The molecule has 1 fully saturated rings. The number of halogens is 1. The minimum absolute atomic E-state index is 0.233. The van der Waals surface area contributed by atoms with E-state index in [1.807, 2.05) is 0 Å². The van der Waals surface area contributed by atoms with Crippen LogP contribution in [0.4, 0.5) is 4.39 Å². The summed E-state index contributed by atoms with van der Waals surface area (Å²) in [5.41, 5.74) is 0. The predicted molar refractivity (Wildman–Crippen MR) is 97.9 cm³/mol. The van der Waals surface area contributed by atoms with Gasteiger partial charge in [-0.3, -0.25) is 4.90 Å². The molecule has 2 aliphatic rings. The van der Waals surface area contributed by atoms with E-state index in [0.29, 0.717) is 12.5 Å². The third-order valence-electron chi connectivity index (χ3n) is 5.50. The number of piperidine rings is 1. The molecule has 1 saturated heterocycles. The molecule has 140 valence electrons. The number of ether oxygens (including phenoxy) is 1. The summed E-state index contributed by atoms with van der Waals surface area (Å²) in [4.78, 5) is 2.45. The molecule has 3 heterocycles. The number of benzene rings is 1. The molecule has 1 atom stereocenters.